The van der Waals surface area contributed by atoms with E-state index in [2.05, 4.69) is 27.7 Å². The zero-order valence-corrected chi connectivity index (χ0v) is 27.4. The van der Waals surface area contributed by atoms with Crippen LogP contribution < -0.4 is 10.6 Å². The van der Waals surface area contributed by atoms with E-state index in [1.165, 1.54) is 0 Å². The quantitative estimate of drug-likeness (QED) is 0.111. The summed E-state index contributed by atoms with van der Waals surface area (Å²) in [5.41, 5.74) is 5.96. The Hall–Kier alpha value is -3.99. The van der Waals surface area contributed by atoms with E-state index in [-0.39, 0.29) is 30.8 Å². The molecule has 0 radical (unpaired) electrons. The molecule has 0 saturated carbocycles. The fraction of sp³-hybridized carbons (Fsp3) is 0.314. The maximum atomic E-state index is 13.4. The van der Waals surface area contributed by atoms with Gasteiger partial charge < -0.3 is 20.3 Å². The largest absolute Gasteiger partial charge is 0.461 e. The molecule has 230 valence electrons. The first-order valence-corrected chi connectivity index (χ1v) is 16.0. The summed E-state index contributed by atoms with van der Waals surface area (Å²) in [6, 6.07) is 23.0. The number of ether oxygens (including phenoxy) is 1. The van der Waals surface area contributed by atoms with Gasteiger partial charge in [0.05, 0.1) is 22.9 Å². The highest BCUT2D eigenvalue weighted by Crippen LogP contribution is 2.31. The summed E-state index contributed by atoms with van der Waals surface area (Å²) in [6.45, 7) is 6.27. The van der Waals surface area contributed by atoms with Crippen LogP contribution >= 0.6 is 22.9 Å². The minimum Gasteiger partial charge on any atom is -0.461 e. The minimum atomic E-state index is -0.284. The fourth-order valence-electron chi connectivity index (χ4n) is 5.00. The molecule has 1 heterocycles. The highest BCUT2D eigenvalue weighted by molar-refractivity contribution is 14.1. The number of hydrogen-bond acceptors (Lipinski definition) is 5. The lowest BCUT2D eigenvalue weighted by Gasteiger charge is -2.22. The van der Waals surface area contributed by atoms with Gasteiger partial charge in [0.25, 0.3) is 5.91 Å². The Morgan fingerprint density at radius 3 is 2.34 bits per heavy atom. The molecular formula is C35H39IN4O4. The monoisotopic (exact) mass is 706 g/mol. The van der Waals surface area contributed by atoms with Gasteiger partial charge in [0, 0.05) is 49.3 Å². The van der Waals surface area contributed by atoms with E-state index in [0.717, 1.165) is 65.3 Å². The minimum absolute atomic E-state index is 0.0573. The van der Waals surface area contributed by atoms with Crippen LogP contribution in [0.3, 0.4) is 0 Å². The van der Waals surface area contributed by atoms with E-state index in [1.54, 1.807) is 12.1 Å². The molecule has 3 aromatic rings. The van der Waals surface area contributed by atoms with Crippen molar-refractivity contribution in [1.82, 2.24) is 10.2 Å². The van der Waals surface area contributed by atoms with Crippen molar-refractivity contribution in [2.75, 3.05) is 25.0 Å². The van der Waals surface area contributed by atoms with E-state index >= 15 is 0 Å². The molecule has 44 heavy (non-hydrogen) atoms. The smallest absolute Gasteiger partial charge is 0.306 e. The normalized spacial score (nSPS) is 13.2. The molecule has 0 bridgehead atoms. The topological polar surface area (TPSA) is 100 Å². The molecule has 4 rings (SSSR count). The van der Waals surface area contributed by atoms with E-state index in [1.807, 2.05) is 94.5 Å². The number of nitrogens with zero attached hydrogens (tertiary/aromatic N) is 2. The molecule has 9 heteroatoms. The molecule has 0 fully saturated rings. The molecule has 0 spiro atoms. The number of amidine groups is 1. The Balaban J connectivity index is 1.35. The number of esters is 1. The number of rotatable bonds is 13. The van der Waals surface area contributed by atoms with Crippen LogP contribution in [-0.2, 0) is 20.9 Å². The third-order valence-electron chi connectivity index (χ3n) is 7.24. The molecule has 0 aromatic heterocycles. The van der Waals surface area contributed by atoms with Crippen LogP contribution in [0.5, 0.6) is 0 Å². The fourth-order valence-corrected chi connectivity index (χ4v) is 5.29. The lowest BCUT2D eigenvalue weighted by molar-refractivity contribution is -0.145. The second kappa shape index (κ2) is 16.7. The predicted molar refractivity (Wildman–Crippen MR) is 185 cm³/mol. The van der Waals surface area contributed by atoms with Gasteiger partial charge in [-0.05, 0) is 65.8 Å². The van der Waals surface area contributed by atoms with Crippen LogP contribution in [0.4, 0.5) is 5.69 Å². The van der Waals surface area contributed by atoms with Gasteiger partial charge in [-0.15, -0.1) is 0 Å². The standard InChI is InChI=1S/C35H39IN4O4/c1-3-19-40(20-4-2)35(43)30-21-29-17-16-28(22-31(29)38-32(23-30)39-36)26-12-14-27(15-13-26)34(42)37-18-8-11-33(41)44-24-25-9-6-5-7-10-25/h5-7,9-10,12-17,21-22H,3-4,8,11,18-20,23-24H2,1-2H3,(H,37,42)(H,38,39). The molecule has 2 amide bonds. The highest BCUT2D eigenvalue weighted by Gasteiger charge is 2.22. The van der Waals surface area contributed by atoms with Gasteiger partial charge in [0.2, 0.25) is 5.91 Å². The average Bonchev–Trinajstić information content (AvgIpc) is 3.25. The first-order valence-electron chi connectivity index (χ1n) is 15.1. The lowest BCUT2D eigenvalue weighted by atomic mass is 10.00. The molecule has 2 N–H and O–H groups in total. The second-order valence-corrected chi connectivity index (χ2v) is 11.2. The van der Waals surface area contributed by atoms with Crippen LogP contribution in [0.2, 0.25) is 0 Å². The summed E-state index contributed by atoms with van der Waals surface area (Å²) >= 11 is 1.97. The Labute approximate surface area is 273 Å². The Morgan fingerprint density at radius 2 is 1.66 bits per heavy atom. The number of hydrogen-bond donors (Lipinski definition) is 2. The average molecular weight is 707 g/mol. The molecule has 0 saturated heterocycles. The van der Waals surface area contributed by atoms with Gasteiger partial charge in [-0.3, -0.25) is 14.4 Å². The number of nitrogens with one attached hydrogen (secondary N) is 2. The lowest BCUT2D eigenvalue weighted by Crippen LogP contribution is -2.34. The van der Waals surface area contributed by atoms with Crippen molar-refractivity contribution in [3.63, 3.8) is 0 Å². The molecule has 3 aromatic carbocycles. The number of anilines is 1. The number of carbonyl (C=O) groups is 3. The third kappa shape index (κ3) is 9.25. The first kappa shape index (κ1) is 32.9. The number of amides is 2. The van der Waals surface area contributed by atoms with Crippen LogP contribution in [0.25, 0.3) is 17.2 Å². The van der Waals surface area contributed by atoms with Gasteiger partial charge >= 0.3 is 5.97 Å². The summed E-state index contributed by atoms with van der Waals surface area (Å²) in [7, 11) is 0. The van der Waals surface area contributed by atoms with Gasteiger partial charge in [0.15, 0.2) is 0 Å². The SMILES string of the molecule is CCCN(CCC)C(=O)C1=Cc2ccc(-c3ccc(C(=O)NCCCC(=O)OCc4ccccc4)cc3)cc2NC(=NI)C1. The number of benzene rings is 3. The van der Waals surface area contributed by atoms with E-state index in [0.29, 0.717) is 24.9 Å². The van der Waals surface area contributed by atoms with Crippen LogP contribution in [0, 0.1) is 0 Å². The third-order valence-corrected chi connectivity index (χ3v) is 7.82. The molecule has 8 nitrogen and oxygen atoms in total. The second-order valence-electron chi connectivity index (χ2n) is 10.7. The van der Waals surface area contributed by atoms with E-state index in [9.17, 15) is 14.4 Å². The van der Waals surface area contributed by atoms with Crippen LogP contribution in [-0.4, -0.2) is 48.2 Å². The van der Waals surface area contributed by atoms with Crippen molar-refractivity contribution < 1.29 is 19.1 Å². The van der Waals surface area contributed by atoms with Gasteiger partial charge in [0.1, 0.15) is 12.4 Å². The van der Waals surface area contributed by atoms with Gasteiger partial charge in [-0.25, -0.2) is 3.21 Å². The summed E-state index contributed by atoms with van der Waals surface area (Å²) in [4.78, 5) is 40.0. The summed E-state index contributed by atoms with van der Waals surface area (Å²) in [5.74, 6) is 0.309. The number of halogens is 1. The first-order chi connectivity index (χ1) is 21.4. The van der Waals surface area contributed by atoms with Crippen molar-refractivity contribution >= 4 is 58.2 Å². The molecule has 1 aliphatic heterocycles. The van der Waals surface area contributed by atoms with E-state index in [4.69, 9.17) is 4.74 Å². The Kier molecular flexibility index (Phi) is 12.5. The maximum Gasteiger partial charge on any atom is 0.306 e. The zero-order valence-electron chi connectivity index (χ0n) is 25.3. The molecule has 1 aliphatic rings. The Morgan fingerprint density at radius 1 is 0.955 bits per heavy atom. The van der Waals surface area contributed by atoms with Crippen LogP contribution in [0.1, 0.15) is 67.4 Å². The molecule has 0 atom stereocenters. The zero-order chi connectivity index (χ0) is 31.3. The van der Waals surface area contributed by atoms with Gasteiger partial charge in [-0.1, -0.05) is 68.4 Å². The van der Waals surface area contributed by atoms with Crippen molar-refractivity contribution in [2.45, 2.75) is 52.6 Å². The van der Waals surface area contributed by atoms with Crippen molar-refractivity contribution in [3.8, 4) is 11.1 Å². The highest BCUT2D eigenvalue weighted by atomic mass is 127. The maximum absolute atomic E-state index is 13.4. The predicted octanol–water partition coefficient (Wildman–Crippen LogP) is 7.20. The summed E-state index contributed by atoms with van der Waals surface area (Å²) in [5, 5.41) is 6.29. The summed E-state index contributed by atoms with van der Waals surface area (Å²) < 4.78 is 9.67. The van der Waals surface area contributed by atoms with Crippen LogP contribution in [0.15, 0.2) is 81.6 Å². The molecule has 0 unspecified atom stereocenters. The molecule has 0 aliphatic carbocycles. The van der Waals surface area contributed by atoms with Crippen molar-refractivity contribution in [1.29, 1.82) is 0 Å². The Bertz CT molecular complexity index is 1500. The number of carbonyl (C=O) groups excluding carboxylic acids is 3. The summed E-state index contributed by atoms with van der Waals surface area (Å²) in [6.07, 6.45) is 4.97. The van der Waals surface area contributed by atoms with Gasteiger partial charge in [-0.2, -0.15) is 0 Å². The van der Waals surface area contributed by atoms with Crippen molar-refractivity contribution in [3.05, 3.63) is 95.1 Å². The molecular weight excluding hydrogens is 667 g/mol. The van der Waals surface area contributed by atoms with Crippen molar-refractivity contribution in [2.24, 2.45) is 3.21 Å². The van der Waals surface area contributed by atoms with E-state index < -0.39 is 0 Å². The number of fused-ring (bicyclic) bond motifs is 1.